The Balaban J connectivity index is 1.86. The van der Waals surface area contributed by atoms with Crippen molar-refractivity contribution in [3.8, 4) is 0 Å². The van der Waals surface area contributed by atoms with E-state index in [1.807, 2.05) is 0 Å². The van der Waals surface area contributed by atoms with Gasteiger partial charge in [0.2, 0.25) is 0 Å². The molecule has 0 bridgehead atoms. The van der Waals surface area contributed by atoms with Gasteiger partial charge in [-0.2, -0.15) is 0 Å². The van der Waals surface area contributed by atoms with Gasteiger partial charge in [0.1, 0.15) is 0 Å². The van der Waals surface area contributed by atoms with Gasteiger partial charge in [0.15, 0.2) is 0 Å². The molecular formula is C14H28N2O. The summed E-state index contributed by atoms with van der Waals surface area (Å²) >= 11 is 0. The van der Waals surface area contributed by atoms with E-state index in [0.29, 0.717) is 12.1 Å². The van der Waals surface area contributed by atoms with E-state index in [0.717, 1.165) is 12.5 Å². The van der Waals surface area contributed by atoms with Crippen LogP contribution in [0.5, 0.6) is 0 Å². The smallest absolute Gasteiger partial charge is 0.0703 e. The third-order valence-electron chi connectivity index (χ3n) is 4.21. The Bertz CT molecular complexity index is 216. The average Bonchev–Trinajstić information content (AvgIpc) is 2.76. The molecule has 0 aliphatic carbocycles. The molecule has 2 aliphatic rings. The van der Waals surface area contributed by atoms with Gasteiger partial charge in [-0.05, 0) is 58.2 Å². The SMILES string of the molecule is CCCN(CC1CCCNC1)C1CCOC1C. The summed E-state index contributed by atoms with van der Waals surface area (Å²) < 4.78 is 5.72. The van der Waals surface area contributed by atoms with Crippen LogP contribution < -0.4 is 5.32 Å². The molecule has 17 heavy (non-hydrogen) atoms. The Morgan fingerprint density at radius 2 is 2.24 bits per heavy atom. The molecule has 2 fully saturated rings. The Morgan fingerprint density at radius 1 is 1.35 bits per heavy atom. The maximum atomic E-state index is 5.72. The molecule has 3 nitrogen and oxygen atoms in total. The Morgan fingerprint density at radius 3 is 2.82 bits per heavy atom. The fourth-order valence-corrected chi connectivity index (χ4v) is 3.29. The molecule has 0 amide bonds. The van der Waals surface area contributed by atoms with Gasteiger partial charge in [0, 0.05) is 19.2 Å². The Kier molecular flexibility index (Phi) is 5.26. The van der Waals surface area contributed by atoms with E-state index in [1.54, 1.807) is 0 Å². The monoisotopic (exact) mass is 240 g/mol. The van der Waals surface area contributed by atoms with Gasteiger partial charge in [-0.25, -0.2) is 0 Å². The summed E-state index contributed by atoms with van der Waals surface area (Å²) in [7, 11) is 0. The molecule has 0 spiro atoms. The highest BCUT2D eigenvalue weighted by Crippen LogP contribution is 2.22. The lowest BCUT2D eigenvalue weighted by atomic mass is 9.97. The first kappa shape index (κ1) is 13.3. The van der Waals surface area contributed by atoms with Crippen molar-refractivity contribution in [2.75, 3.05) is 32.8 Å². The predicted molar refractivity (Wildman–Crippen MR) is 71.3 cm³/mol. The van der Waals surface area contributed by atoms with Crippen LogP contribution in [-0.2, 0) is 4.74 Å². The lowest BCUT2D eigenvalue weighted by molar-refractivity contribution is 0.0645. The van der Waals surface area contributed by atoms with Crippen molar-refractivity contribution in [2.24, 2.45) is 5.92 Å². The first-order valence-corrected chi connectivity index (χ1v) is 7.37. The molecule has 2 rings (SSSR count). The second-order valence-corrected chi connectivity index (χ2v) is 5.64. The van der Waals surface area contributed by atoms with Crippen LogP contribution in [-0.4, -0.2) is 49.8 Å². The van der Waals surface area contributed by atoms with E-state index in [9.17, 15) is 0 Å². The zero-order chi connectivity index (χ0) is 12.1. The highest BCUT2D eigenvalue weighted by Gasteiger charge is 2.30. The van der Waals surface area contributed by atoms with Crippen molar-refractivity contribution in [3.63, 3.8) is 0 Å². The van der Waals surface area contributed by atoms with Gasteiger partial charge >= 0.3 is 0 Å². The molecule has 1 N–H and O–H groups in total. The minimum atomic E-state index is 0.429. The minimum absolute atomic E-state index is 0.429. The summed E-state index contributed by atoms with van der Waals surface area (Å²) in [5, 5.41) is 3.53. The molecule has 2 saturated heterocycles. The molecular weight excluding hydrogens is 212 g/mol. The second kappa shape index (κ2) is 6.72. The number of piperidine rings is 1. The number of rotatable bonds is 5. The van der Waals surface area contributed by atoms with Crippen LogP contribution in [0.3, 0.4) is 0 Å². The van der Waals surface area contributed by atoms with E-state index in [2.05, 4.69) is 24.1 Å². The van der Waals surface area contributed by atoms with Crippen LogP contribution in [0.15, 0.2) is 0 Å². The van der Waals surface area contributed by atoms with E-state index < -0.39 is 0 Å². The van der Waals surface area contributed by atoms with E-state index in [4.69, 9.17) is 4.74 Å². The number of nitrogens with one attached hydrogen (secondary N) is 1. The Hall–Kier alpha value is -0.120. The fraction of sp³-hybridized carbons (Fsp3) is 1.00. The first-order chi connectivity index (χ1) is 8.31. The predicted octanol–water partition coefficient (Wildman–Crippen LogP) is 1.88. The fourth-order valence-electron chi connectivity index (χ4n) is 3.29. The third kappa shape index (κ3) is 3.67. The van der Waals surface area contributed by atoms with Crippen molar-refractivity contribution >= 4 is 0 Å². The molecule has 0 aromatic rings. The quantitative estimate of drug-likeness (QED) is 0.794. The molecule has 3 heteroatoms. The highest BCUT2D eigenvalue weighted by molar-refractivity contribution is 4.84. The molecule has 0 aromatic heterocycles. The number of ether oxygens (including phenoxy) is 1. The van der Waals surface area contributed by atoms with Crippen LogP contribution >= 0.6 is 0 Å². The molecule has 0 aromatic carbocycles. The van der Waals surface area contributed by atoms with Crippen LogP contribution in [0, 0.1) is 5.92 Å². The average molecular weight is 240 g/mol. The zero-order valence-electron chi connectivity index (χ0n) is 11.5. The van der Waals surface area contributed by atoms with Crippen LogP contribution in [0.4, 0.5) is 0 Å². The largest absolute Gasteiger partial charge is 0.377 e. The molecule has 2 aliphatic heterocycles. The van der Waals surface area contributed by atoms with Gasteiger partial charge in [-0.15, -0.1) is 0 Å². The van der Waals surface area contributed by atoms with Crippen molar-refractivity contribution in [1.29, 1.82) is 0 Å². The third-order valence-corrected chi connectivity index (χ3v) is 4.21. The summed E-state index contributed by atoms with van der Waals surface area (Å²) in [5.74, 6) is 0.850. The maximum Gasteiger partial charge on any atom is 0.0703 e. The first-order valence-electron chi connectivity index (χ1n) is 7.37. The van der Waals surface area contributed by atoms with Crippen molar-refractivity contribution in [2.45, 2.75) is 51.7 Å². The van der Waals surface area contributed by atoms with Gasteiger partial charge in [-0.3, -0.25) is 4.90 Å². The molecule has 3 unspecified atom stereocenters. The van der Waals surface area contributed by atoms with Crippen molar-refractivity contribution < 1.29 is 4.74 Å². The summed E-state index contributed by atoms with van der Waals surface area (Å²) in [6, 6.07) is 0.664. The summed E-state index contributed by atoms with van der Waals surface area (Å²) in [6.07, 6.45) is 5.65. The topological polar surface area (TPSA) is 24.5 Å². The number of hydrogen-bond acceptors (Lipinski definition) is 3. The van der Waals surface area contributed by atoms with Gasteiger partial charge in [-0.1, -0.05) is 6.92 Å². The zero-order valence-corrected chi connectivity index (χ0v) is 11.5. The van der Waals surface area contributed by atoms with Crippen LogP contribution in [0.1, 0.15) is 39.5 Å². The van der Waals surface area contributed by atoms with Gasteiger partial charge < -0.3 is 10.1 Å². The van der Waals surface area contributed by atoms with Crippen LogP contribution in [0.2, 0.25) is 0 Å². The van der Waals surface area contributed by atoms with Crippen LogP contribution in [0.25, 0.3) is 0 Å². The highest BCUT2D eigenvalue weighted by atomic mass is 16.5. The summed E-state index contributed by atoms with van der Waals surface area (Å²) in [6.45, 7) is 10.4. The summed E-state index contributed by atoms with van der Waals surface area (Å²) in [5.41, 5.74) is 0. The second-order valence-electron chi connectivity index (χ2n) is 5.64. The molecule has 3 atom stereocenters. The summed E-state index contributed by atoms with van der Waals surface area (Å²) in [4.78, 5) is 2.69. The van der Waals surface area contributed by atoms with Gasteiger partial charge in [0.25, 0.3) is 0 Å². The standard InChI is InChI=1S/C14H28N2O/c1-3-8-16(14-6-9-17-12(14)2)11-13-5-4-7-15-10-13/h12-15H,3-11H2,1-2H3. The van der Waals surface area contributed by atoms with E-state index >= 15 is 0 Å². The van der Waals surface area contributed by atoms with E-state index in [-0.39, 0.29) is 0 Å². The normalized spacial score (nSPS) is 34.4. The molecule has 0 radical (unpaired) electrons. The lowest BCUT2D eigenvalue weighted by Crippen LogP contribution is -2.45. The lowest BCUT2D eigenvalue weighted by Gasteiger charge is -2.35. The Labute approximate surface area is 106 Å². The number of nitrogens with zero attached hydrogens (tertiary/aromatic N) is 1. The maximum absolute atomic E-state index is 5.72. The van der Waals surface area contributed by atoms with Crippen molar-refractivity contribution in [3.05, 3.63) is 0 Å². The van der Waals surface area contributed by atoms with Gasteiger partial charge in [0.05, 0.1) is 6.10 Å². The molecule has 2 heterocycles. The minimum Gasteiger partial charge on any atom is -0.377 e. The van der Waals surface area contributed by atoms with E-state index in [1.165, 1.54) is 51.9 Å². The molecule has 0 saturated carbocycles. The number of hydrogen-bond donors (Lipinski definition) is 1. The molecule has 100 valence electrons. The van der Waals surface area contributed by atoms with Crippen molar-refractivity contribution in [1.82, 2.24) is 10.2 Å².